The fourth-order valence-corrected chi connectivity index (χ4v) is 2.51. The van der Waals surface area contributed by atoms with Gasteiger partial charge in [0.15, 0.2) is 11.6 Å². The van der Waals surface area contributed by atoms with Crippen molar-refractivity contribution in [3.05, 3.63) is 41.6 Å². The van der Waals surface area contributed by atoms with Gasteiger partial charge >= 0.3 is 0 Å². The van der Waals surface area contributed by atoms with Gasteiger partial charge in [-0.05, 0) is 31.0 Å². The van der Waals surface area contributed by atoms with Gasteiger partial charge in [-0.1, -0.05) is 23.8 Å². The van der Waals surface area contributed by atoms with E-state index in [9.17, 15) is 0 Å². The van der Waals surface area contributed by atoms with E-state index < -0.39 is 0 Å². The van der Waals surface area contributed by atoms with Crippen LogP contribution < -0.4 is 9.64 Å². The van der Waals surface area contributed by atoms with Crippen molar-refractivity contribution < 1.29 is 4.74 Å². The fourth-order valence-electron chi connectivity index (χ4n) is 2.51. The predicted molar refractivity (Wildman–Crippen MR) is 77.9 cm³/mol. The maximum Gasteiger partial charge on any atom is 0.171 e. The van der Waals surface area contributed by atoms with E-state index in [-0.39, 0.29) is 0 Å². The molecule has 3 nitrogen and oxygen atoms in total. The number of anilines is 1. The Morgan fingerprint density at radius 2 is 2.05 bits per heavy atom. The number of fused-ring (bicyclic) bond motifs is 1. The molecule has 0 unspecified atom stereocenters. The molecule has 3 heteroatoms. The number of aromatic nitrogens is 1. The molecular weight excluding hydrogens is 236 g/mol. The highest BCUT2D eigenvalue weighted by molar-refractivity contribution is 5.71. The third-order valence-electron chi connectivity index (χ3n) is 3.57. The van der Waals surface area contributed by atoms with Gasteiger partial charge in [-0.2, -0.15) is 0 Å². The van der Waals surface area contributed by atoms with Crippen molar-refractivity contribution in [2.24, 2.45) is 0 Å². The minimum absolute atomic E-state index is 0.724. The monoisotopic (exact) mass is 254 g/mol. The Morgan fingerprint density at radius 3 is 2.84 bits per heavy atom. The van der Waals surface area contributed by atoms with E-state index in [0.29, 0.717) is 0 Å². The minimum atomic E-state index is 0.724. The summed E-state index contributed by atoms with van der Waals surface area (Å²) in [4.78, 5) is 6.67. The first-order valence-electron chi connectivity index (χ1n) is 6.57. The Kier molecular flexibility index (Phi) is 2.90. The highest BCUT2D eigenvalue weighted by atomic mass is 16.5. The molecule has 0 saturated carbocycles. The van der Waals surface area contributed by atoms with Crippen LogP contribution in [-0.2, 0) is 0 Å². The standard InChI is InChI=1S/C16H18N2O/c1-11-4-5-14(12(2)8-11)13-9-15-16(17-10-13)18(3)6-7-19-15/h4-5,8-10H,6-7H2,1-3H3. The summed E-state index contributed by atoms with van der Waals surface area (Å²) in [5.41, 5.74) is 4.89. The summed E-state index contributed by atoms with van der Waals surface area (Å²) in [5.74, 6) is 1.81. The Balaban J connectivity index is 2.06. The van der Waals surface area contributed by atoms with Crippen LogP contribution in [0.25, 0.3) is 11.1 Å². The SMILES string of the molecule is Cc1ccc(-c2cnc3c(c2)OCCN3C)c(C)c1. The van der Waals surface area contributed by atoms with Crippen LogP contribution in [0.2, 0.25) is 0 Å². The number of ether oxygens (including phenoxy) is 1. The Bertz CT molecular complexity index is 622. The largest absolute Gasteiger partial charge is 0.488 e. The summed E-state index contributed by atoms with van der Waals surface area (Å²) < 4.78 is 5.72. The van der Waals surface area contributed by atoms with Crippen LogP contribution in [-0.4, -0.2) is 25.2 Å². The van der Waals surface area contributed by atoms with Crippen molar-refractivity contribution in [3.63, 3.8) is 0 Å². The van der Waals surface area contributed by atoms with Crippen LogP contribution in [0, 0.1) is 13.8 Å². The third-order valence-corrected chi connectivity index (χ3v) is 3.57. The van der Waals surface area contributed by atoms with Gasteiger partial charge in [-0.3, -0.25) is 0 Å². The topological polar surface area (TPSA) is 25.4 Å². The average molecular weight is 254 g/mol. The zero-order valence-electron chi connectivity index (χ0n) is 11.6. The molecule has 98 valence electrons. The summed E-state index contributed by atoms with van der Waals surface area (Å²) >= 11 is 0. The Morgan fingerprint density at radius 1 is 1.21 bits per heavy atom. The lowest BCUT2D eigenvalue weighted by atomic mass is 10.00. The first-order chi connectivity index (χ1) is 9.15. The second kappa shape index (κ2) is 4.57. The smallest absolute Gasteiger partial charge is 0.171 e. The molecule has 0 aliphatic carbocycles. The van der Waals surface area contributed by atoms with Gasteiger partial charge in [0, 0.05) is 18.8 Å². The number of rotatable bonds is 1. The van der Waals surface area contributed by atoms with Crippen molar-refractivity contribution in [3.8, 4) is 16.9 Å². The van der Waals surface area contributed by atoms with E-state index in [1.54, 1.807) is 0 Å². The highest BCUT2D eigenvalue weighted by Crippen LogP contribution is 2.33. The van der Waals surface area contributed by atoms with Crippen molar-refractivity contribution in [2.75, 3.05) is 25.1 Å². The molecule has 0 spiro atoms. The first kappa shape index (κ1) is 12.0. The minimum Gasteiger partial charge on any atom is -0.488 e. The van der Waals surface area contributed by atoms with Crippen molar-refractivity contribution in [2.45, 2.75) is 13.8 Å². The molecule has 2 aromatic rings. The van der Waals surface area contributed by atoms with E-state index in [1.165, 1.54) is 16.7 Å². The molecule has 19 heavy (non-hydrogen) atoms. The van der Waals surface area contributed by atoms with E-state index >= 15 is 0 Å². The number of aryl methyl sites for hydroxylation is 2. The first-order valence-corrected chi connectivity index (χ1v) is 6.57. The molecule has 0 saturated heterocycles. The summed E-state index contributed by atoms with van der Waals surface area (Å²) in [6.07, 6.45) is 1.93. The zero-order chi connectivity index (χ0) is 13.4. The van der Waals surface area contributed by atoms with Crippen LogP contribution in [0.5, 0.6) is 5.75 Å². The van der Waals surface area contributed by atoms with Crippen LogP contribution in [0.3, 0.4) is 0 Å². The number of hydrogen-bond acceptors (Lipinski definition) is 3. The molecule has 2 heterocycles. The third kappa shape index (κ3) is 2.16. The highest BCUT2D eigenvalue weighted by Gasteiger charge is 2.17. The number of pyridine rings is 1. The molecule has 0 N–H and O–H groups in total. The molecule has 3 rings (SSSR count). The summed E-state index contributed by atoms with van der Waals surface area (Å²) in [6, 6.07) is 8.58. The number of nitrogens with zero attached hydrogens (tertiary/aromatic N) is 2. The molecule has 0 amide bonds. The van der Waals surface area contributed by atoms with E-state index in [2.05, 4.69) is 48.0 Å². The predicted octanol–water partition coefficient (Wildman–Crippen LogP) is 3.19. The maximum atomic E-state index is 5.72. The summed E-state index contributed by atoms with van der Waals surface area (Å²) in [6.45, 7) is 5.86. The van der Waals surface area contributed by atoms with Crippen molar-refractivity contribution in [1.82, 2.24) is 4.98 Å². The normalized spacial score (nSPS) is 13.9. The quantitative estimate of drug-likeness (QED) is 0.781. The maximum absolute atomic E-state index is 5.72. The number of hydrogen-bond donors (Lipinski definition) is 0. The Labute approximate surface area is 113 Å². The van der Waals surface area contributed by atoms with Crippen LogP contribution in [0.1, 0.15) is 11.1 Å². The van der Waals surface area contributed by atoms with Gasteiger partial charge in [-0.25, -0.2) is 4.98 Å². The molecule has 0 radical (unpaired) electrons. The lowest BCUT2D eigenvalue weighted by Gasteiger charge is -2.26. The van der Waals surface area contributed by atoms with Gasteiger partial charge in [0.1, 0.15) is 6.61 Å². The summed E-state index contributed by atoms with van der Waals surface area (Å²) in [5, 5.41) is 0. The molecule has 1 aliphatic rings. The second-order valence-electron chi connectivity index (χ2n) is 5.13. The average Bonchev–Trinajstić information content (AvgIpc) is 2.38. The van der Waals surface area contributed by atoms with Gasteiger partial charge in [0.05, 0.1) is 6.54 Å². The van der Waals surface area contributed by atoms with E-state index in [1.807, 2.05) is 13.2 Å². The van der Waals surface area contributed by atoms with Crippen LogP contribution >= 0.6 is 0 Å². The van der Waals surface area contributed by atoms with E-state index in [0.717, 1.165) is 30.3 Å². The second-order valence-corrected chi connectivity index (χ2v) is 5.13. The van der Waals surface area contributed by atoms with Crippen LogP contribution in [0.15, 0.2) is 30.5 Å². The van der Waals surface area contributed by atoms with Gasteiger partial charge < -0.3 is 9.64 Å². The molecule has 1 aromatic heterocycles. The van der Waals surface area contributed by atoms with Gasteiger partial charge in [0.2, 0.25) is 0 Å². The molecule has 0 atom stereocenters. The number of benzene rings is 1. The molecular formula is C16H18N2O. The molecule has 1 aliphatic heterocycles. The van der Waals surface area contributed by atoms with Crippen LogP contribution in [0.4, 0.5) is 5.82 Å². The lowest BCUT2D eigenvalue weighted by Crippen LogP contribution is -2.29. The number of likely N-dealkylation sites (N-methyl/N-ethyl adjacent to an activating group) is 1. The Hall–Kier alpha value is -2.03. The molecule has 0 fully saturated rings. The summed E-state index contributed by atoms with van der Waals surface area (Å²) in [7, 11) is 2.05. The van der Waals surface area contributed by atoms with E-state index in [4.69, 9.17) is 4.74 Å². The van der Waals surface area contributed by atoms with Crippen molar-refractivity contribution in [1.29, 1.82) is 0 Å². The molecule has 1 aromatic carbocycles. The van der Waals surface area contributed by atoms with Crippen molar-refractivity contribution >= 4 is 5.82 Å². The van der Waals surface area contributed by atoms with Gasteiger partial charge in [-0.15, -0.1) is 0 Å². The van der Waals surface area contributed by atoms with Gasteiger partial charge in [0.25, 0.3) is 0 Å². The molecule has 0 bridgehead atoms. The fraction of sp³-hybridized carbons (Fsp3) is 0.312. The lowest BCUT2D eigenvalue weighted by molar-refractivity contribution is 0.309. The zero-order valence-corrected chi connectivity index (χ0v) is 11.6.